The summed E-state index contributed by atoms with van der Waals surface area (Å²) in [6, 6.07) is 1.89. The molecule has 0 spiro atoms. The minimum Gasteiger partial charge on any atom is -0.392 e. The van der Waals surface area contributed by atoms with E-state index in [4.69, 9.17) is 5.73 Å². The van der Waals surface area contributed by atoms with Gasteiger partial charge in [-0.25, -0.2) is 4.39 Å². The molecule has 1 aliphatic rings. The summed E-state index contributed by atoms with van der Waals surface area (Å²) in [5.74, 6) is -1.41. The van der Waals surface area contributed by atoms with E-state index in [1.807, 2.05) is 0 Å². The Labute approximate surface area is 121 Å². The van der Waals surface area contributed by atoms with Gasteiger partial charge in [0.2, 0.25) is 0 Å². The van der Waals surface area contributed by atoms with Crippen LogP contribution in [0.2, 0.25) is 0 Å². The van der Waals surface area contributed by atoms with Crippen molar-refractivity contribution in [3.05, 3.63) is 33.6 Å². The van der Waals surface area contributed by atoms with E-state index in [9.17, 15) is 19.3 Å². The van der Waals surface area contributed by atoms with Crippen molar-refractivity contribution in [2.24, 2.45) is 5.41 Å². The van der Waals surface area contributed by atoms with Crippen molar-refractivity contribution in [2.45, 2.75) is 26.7 Å². The third-order valence-electron chi connectivity index (χ3n) is 3.99. The molecule has 1 aromatic rings. The Bertz CT molecular complexity index is 591. The van der Waals surface area contributed by atoms with E-state index in [2.05, 4.69) is 13.8 Å². The fourth-order valence-corrected chi connectivity index (χ4v) is 2.43. The molecule has 2 N–H and O–H groups in total. The maximum Gasteiger partial charge on any atom is 0.293 e. The molecule has 1 fully saturated rings. The van der Waals surface area contributed by atoms with Crippen molar-refractivity contribution in [3.8, 4) is 0 Å². The number of anilines is 1. The summed E-state index contributed by atoms with van der Waals surface area (Å²) >= 11 is 0. The van der Waals surface area contributed by atoms with Crippen LogP contribution >= 0.6 is 0 Å². The fraction of sp³-hybridized carbons (Fsp3) is 0.500. The predicted octanol–water partition coefficient (Wildman–Crippen LogP) is 2.58. The number of rotatable bonds is 2. The third kappa shape index (κ3) is 2.96. The summed E-state index contributed by atoms with van der Waals surface area (Å²) in [5.41, 5.74) is 4.51. The van der Waals surface area contributed by atoms with E-state index >= 15 is 0 Å². The number of halogens is 1. The first-order chi connectivity index (χ1) is 9.73. The highest BCUT2D eigenvalue weighted by Crippen LogP contribution is 2.33. The normalized spacial score (nSPS) is 17.6. The minimum absolute atomic E-state index is 0.142. The minimum atomic E-state index is -0.826. The molecular weight excluding hydrogens is 277 g/mol. The molecule has 1 heterocycles. The van der Waals surface area contributed by atoms with Crippen molar-refractivity contribution in [2.75, 3.05) is 18.8 Å². The zero-order valence-corrected chi connectivity index (χ0v) is 12.1. The van der Waals surface area contributed by atoms with Gasteiger partial charge in [-0.1, -0.05) is 13.8 Å². The molecule has 0 radical (unpaired) electrons. The Hall–Kier alpha value is -2.18. The molecule has 0 aliphatic carbocycles. The molecule has 0 bridgehead atoms. The van der Waals surface area contributed by atoms with Crippen molar-refractivity contribution < 1.29 is 14.1 Å². The van der Waals surface area contributed by atoms with E-state index in [1.165, 1.54) is 4.90 Å². The van der Waals surface area contributed by atoms with E-state index in [0.717, 1.165) is 25.0 Å². The van der Waals surface area contributed by atoms with Crippen LogP contribution < -0.4 is 5.73 Å². The fourth-order valence-electron chi connectivity index (χ4n) is 2.43. The zero-order chi connectivity index (χ0) is 15.8. The molecule has 114 valence electrons. The second-order valence-corrected chi connectivity index (χ2v) is 6.07. The molecule has 6 nitrogen and oxygen atoms in total. The van der Waals surface area contributed by atoms with Crippen LogP contribution in [0.25, 0.3) is 0 Å². The van der Waals surface area contributed by atoms with Crippen molar-refractivity contribution in [1.29, 1.82) is 0 Å². The second-order valence-electron chi connectivity index (χ2n) is 6.07. The van der Waals surface area contributed by atoms with Gasteiger partial charge < -0.3 is 10.6 Å². The predicted molar refractivity (Wildman–Crippen MR) is 76.4 cm³/mol. The first-order valence-corrected chi connectivity index (χ1v) is 6.74. The first kappa shape index (κ1) is 15.2. The lowest BCUT2D eigenvalue weighted by Crippen LogP contribution is -2.41. The number of nitrogen functional groups attached to an aromatic ring is 1. The van der Waals surface area contributed by atoms with Gasteiger partial charge in [-0.15, -0.1) is 0 Å². The molecular formula is C14H18FN3O3. The Morgan fingerprint density at radius 3 is 2.48 bits per heavy atom. The summed E-state index contributed by atoms with van der Waals surface area (Å²) in [6.07, 6.45) is 1.60. The molecule has 0 unspecified atom stereocenters. The molecule has 0 atom stereocenters. The highest BCUT2D eigenvalue weighted by molar-refractivity contribution is 6.01. The van der Waals surface area contributed by atoms with Gasteiger partial charge in [0.25, 0.3) is 11.6 Å². The van der Waals surface area contributed by atoms with Gasteiger partial charge in [0, 0.05) is 19.2 Å². The van der Waals surface area contributed by atoms with Crippen LogP contribution in [0.4, 0.5) is 15.8 Å². The number of nitrogens with zero attached hydrogens (tertiary/aromatic N) is 2. The number of likely N-dealkylation sites (tertiary alicyclic amines) is 1. The number of benzene rings is 1. The number of hydrogen-bond donors (Lipinski definition) is 1. The Morgan fingerprint density at radius 2 is 1.95 bits per heavy atom. The summed E-state index contributed by atoms with van der Waals surface area (Å²) in [7, 11) is 0. The van der Waals surface area contributed by atoms with E-state index in [0.29, 0.717) is 13.1 Å². The van der Waals surface area contributed by atoms with Gasteiger partial charge in [0.15, 0.2) is 0 Å². The van der Waals surface area contributed by atoms with Gasteiger partial charge in [0.05, 0.1) is 4.92 Å². The van der Waals surface area contributed by atoms with Crippen LogP contribution in [0.15, 0.2) is 12.1 Å². The van der Waals surface area contributed by atoms with Crippen LogP contribution in [0.3, 0.4) is 0 Å². The molecule has 21 heavy (non-hydrogen) atoms. The van der Waals surface area contributed by atoms with Crippen LogP contribution in [0.5, 0.6) is 0 Å². The smallest absolute Gasteiger partial charge is 0.293 e. The summed E-state index contributed by atoms with van der Waals surface area (Å²) in [6.45, 7) is 5.20. The average molecular weight is 295 g/mol. The number of nitro groups is 1. The van der Waals surface area contributed by atoms with Crippen molar-refractivity contribution in [1.82, 2.24) is 4.90 Å². The van der Waals surface area contributed by atoms with E-state index in [-0.39, 0.29) is 5.41 Å². The Morgan fingerprint density at radius 1 is 1.38 bits per heavy atom. The molecule has 1 saturated heterocycles. The third-order valence-corrected chi connectivity index (χ3v) is 3.99. The largest absolute Gasteiger partial charge is 0.392 e. The lowest BCUT2D eigenvalue weighted by atomic mass is 9.82. The quantitative estimate of drug-likeness (QED) is 0.516. The van der Waals surface area contributed by atoms with Crippen LogP contribution in [-0.4, -0.2) is 28.8 Å². The van der Waals surface area contributed by atoms with Crippen molar-refractivity contribution in [3.63, 3.8) is 0 Å². The Kier molecular flexibility index (Phi) is 3.85. The van der Waals surface area contributed by atoms with E-state index < -0.39 is 33.6 Å². The van der Waals surface area contributed by atoms with Crippen LogP contribution in [0.1, 0.15) is 37.0 Å². The zero-order valence-electron chi connectivity index (χ0n) is 12.1. The van der Waals surface area contributed by atoms with Gasteiger partial charge in [-0.2, -0.15) is 0 Å². The molecule has 1 amide bonds. The number of carbonyl (C=O) groups is 1. The lowest BCUT2D eigenvalue weighted by Gasteiger charge is -2.37. The number of carbonyl (C=O) groups excluding carboxylic acids is 1. The lowest BCUT2D eigenvalue weighted by molar-refractivity contribution is -0.384. The maximum atomic E-state index is 13.9. The van der Waals surface area contributed by atoms with Gasteiger partial charge >= 0.3 is 0 Å². The maximum absolute atomic E-state index is 13.9. The van der Waals surface area contributed by atoms with Crippen LogP contribution in [-0.2, 0) is 0 Å². The number of amides is 1. The molecule has 1 aliphatic heterocycles. The molecule has 0 saturated carbocycles. The number of piperidine rings is 1. The van der Waals surface area contributed by atoms with E-state index in [1.54, 1.807) is 0 Å². The highest BCUT2D eigenvalue weighted by Gasteiger charge is 2.32. The number of nitrogens with two attached hydrogens (primary N) is 1. The molecule has 0 aromatic heterocycles. The first-order valence-electron chi connectivity index (χ1n) is 6.74. The van der Waals surface area contributed by atoms with Crippen molar-refractivity contribution >= 4 is 17.3 Å². The van der Waals surface area contributed by atoms with Gasteiger partial charge in [-0.3, -0.25) is 14.9 Å². The topological polar surface area (TPSA) is 89.5 Å². The summed E-state index contributed by atoms with van der Waals surface area (Å²) < 4.78 is 13.9. The summed E-state index contributed by atoms with van der Waals surface area (Å²) in [5, 5.41) is 10.8. The summed E-state index contributed by atoms with van der Waals surface area (Å²) in [4.78, 5) is 24.0. The second kappa shape index (κ2) is 5.31. The number of nitro benzene ring substituents is 1. The Balaban J connectivity index is 2.32. The monoisotopic (exact) mass is 295 g/mol. The molecule has 7 heteroatoms. The number of hydrogen-bond acceptors (Lipinski definition) is 4. The average Bonchev–Trinajstić information content (AvgIpc) is 2.38. The highest BCUT2D eigenvalue weighted by atomic mass is 19.1. The molecule has 2 rings (SSSR count). The SMILES string of the molecule is CC1(C)CCN(C(=O)c2c(F)ccc([N+](=O)[O-])c2N)CC1. The van der Waals surface area contributed by atoms with Gasteiger partial charge in [-0.05, 0) is 24.3 Å². The molecule has 1 aromatic carbocycles. The standard InChI is InChI=1S/C14H18FN3O3/c1-14(2)5-7-17(8-6-14)13(19)11-9(15)3-4-10(12(11)16)18(20)21/h3-4H,5-8,16H2,1-2H3. The van der Waals surface area contributed by atoms with Gasteiger partial charge in [0.1, 0.15) is 17.1 Å². The van der Waals surface area contributed by atoms with Crippen LogP contribution in [0, 0.1) is 21.3 Å².